The summed E-state index contributed by atoms with van der Waals surface area (Å²) in [5.74, 6) is 0.716. The summed E-state index contributed by atoms with van der Waals surface area (Å²) in [5, 5.41) is 14.5. The molecule has 1 amide bonds. The van der Waals surface area contributed by atoms with Gasteiger partial charge in [-0.3, -0.25) is 14.9 Å². The van der Waals surface area contributed by atoms with Crippen LogP contribution in [-0.2, 0) is 4.74 Å². The van der Waals surface area contributed by atoms with Crippen LogP contribution in [0.3, 0.4) is 0 Å². The van der Waals surface area contributed by atoms with Crippen molar-refractivity contribution in [3.05, 3.63) is 76.3 Å². The number of aromatic nitrogens is 1. The molecule has 5 rings (SSSR count). The molecule has 1 aliphatic rings. The van der Waals surface area contributed by atoms with Crippen LogP contribution in [0.1, 0.15) is 10.4 Å². The molecule has 1 aromatic heterocycles. The van der Waals surface area contributed by atoms with Crippen LogP contribution in [0.25, 0.3) is 22.6 Å². The van der Waals surface area contributed by atoms with Gasteiger partial charge in [-0.2, -0.15) is 0 Å². The van der Waals surface area contributed by atoms with Gasteiger partial charge < -0.3 is 24.1 Å². The molecule has 10 nitrogen and oxygen atoms in total. The second kappa shape index (κ2) is 9.43. The Labute approximate surface area is 200 Å². The molecule has 10 heteroatoms. The molecule has 35 heavy (non-hydrogen) atoms. The van der Waals surface area contributed by atoms with Crippen molar-refractivity contribution in [3.63, 3.8) is 0 Å². The number of nitro groups is 1. The van der Waals surface area contributed by atoms with Gasteiger partial charge >= 0.3 is 0 Å². The highest BCUT2D eigenvalue weighted by Gasteiger charge is 2.23. The highest BCUT2D eigenvalue weighted by atomic mass is 16.6. The molecule has 0 atom stereocenters. The van der Waals surface area contributed by atoms with Crippen molar-refractivity contribution < 1.29 is 23.6 Å². The topological polar surface area (TPSA) is 120 Å². The van der Waals surface area contributed by atoms with Gasteiger partial charge in [0.05, 0.1) is 25.2 Å². The fraction of sp³-hybridized carbons (Fsp3) is 0.200. The third kappa shape index (κ3) is 4.64. The number of fused-ring (bicyclic) bond motifs is 1. The summed E-state index contributed by atoms with van der Waals surface area (Å²) < 4.78 is 16.3. The Morgan fingerprint density at radius 2 is 1.86 bits per heavy atom. The number of rotatable bonds is 6. The van der Waals surface area contributed by atoms with Gasteiger partial charge in [-0.25, -0.2) is 4.98 Å². The predicted octanol–water partition coefficient (Wildman–Crippen LogP) is 4.50. The zero-order chi connectivity index (χ0) is 24.4. The second-order valence-corrected chi connectivity index (χ2v) is 7.94. The number of oxazole rings is 1. The van der Waals surface area contributed by atoms with Crippen LogP contribution >= 0.6 is 0 Å². The maximum absolute atomic E-state index is 12.9. The number of anilines is 2. The van der Waals surface area contributed by atoms with Crippen LogP contribution in [0.5, 0.6) is 5.75 Å². The van der Waals surface area contributed by atoms with Gasteiger partial charge in [-0.05, 0) is 54.6 Å². The molecular weight excluding hydrogens is 452 g/mol. The Balaban J connectivity index is 1.36. The van der Waals surface area contributed by atoms with E-state index in [-0.39, 0.29) is 11.3 Å². The highest BCUT2D eigenvalue weighted by molar-refractivity contribution is 6.05. The fourth-order valence-corrected chi connectivity index (χ4v) is 3.95. The van der Waals surface area contributed by atoms with Crippen LogP contribution in [0.2, 0.25) is 0 Å². The maximum Gasteiger partial charge on any atom is 0.293 e. The van der Waals surface area contributed by atoms with Crippen LogP contribution in [-0.4, -0.2) is 49.2 Å². The van der Waals surface area contributed by atoms with Gasteiger partial charge in [0, 0.05) is 36.0 Å². The number of ether oxygens (including phenoxy) is 2. The van der Waals surface area contributed by atoms with Crippen molar-refractivity contribution >= 4 is 34.1 Å². The number of carbonyl (C=O) groups excluding carboxylic acids is 1. The van der Waals surface area contributed by atoms with Crippen LogP contribution in [0, 0.1) is 10.1 Å². The molecule has 0 bridgehead atoms. The van der Waals surface area contributed by atoms with E-state index in [4.69, 9.17) is 13.9 Å². The van der Waals surface area contributed by atoms with E-state index in [1.54, 1.807) is 37.4 Å². The predicted molar refractivity (Wildman–Crippen MR) is 130 cm³/mol. The fourth-order valence-electron chi connectivity index (χ4n) is 3.95. The standard InChI is InChI=1S/C25H22N4O6/c1-33-19-6-2-16(3-7-19)25-27-20-15-18(5-9-23(20)35-25)26-24(30)17-4-8-21(22(14-17)29(31)32)28-10-12-34-13-11-28/h2-9,14-15H,10-13H2,1H3,(H,26,30). The molecule has 178 valence electrons. The lowest BCUT2D eigenvalue weighted by Crippen LogP contribution is -2.36. The summed E-state index contributed by atoms with van der Waals surface area (Å²) in [5.41, 5.74) is 2.98. The molecule has 0 aliphatic carbocycles. The van der Waals surface area contributed by atoms with E-state index in [1.807, 2.05) is 29.2 Å². The third-order valence-corrected chi connectivity index (χ3v) is 5.77. The van der Waals surface area contributed by atoms with Gasteiger partial charge in [0.25, 0.3) is 11.6 Å². The molecule has 1 aliphatic heterocycles. The Kier molecular flexibility index (Phi) is 6.02. The molecule has 1 fully saturated rings. The largest absolute Gasteiger partial charge is 0.497 e. The van der Waals surface area contributed by atoms with Crippen molar-refractivity contribution in [1.82, 2.24) is 4.98 Å². The van der Waals surface area contributed by atoms with Crippen molar-refractivity contribution in [2.75, 3.05) is 43.6 Å². The van der Waals surface area contributed by atoms with E-state index in [0.717, 1.165) is 11.3 Å². The van der Waals surface area contributed by atoms with E-state index in [9.17, 15) is 14.9 Å². The number of methoxy groups -OCH3 is 1. The summed E-state index contributed by atoms with van der Waals surface area (Å²) in [6, 6.07) is 16.9. The number of carbonyl (C=O) groups is 1. The van der Waals surface area contributed by atoms with Crippen LogP contribution < -0.4 is 15.0 Å². The molecular formula is C25H22N4O6. The maximum atomic E-state index is 12.9. The van der Waals surface area contributed by atoms with E-state index in [2.05, 4.69) is 10.3 Å². The second-order valence-electron chi connectivity index (χ2n) is 7.94. The van der Waals surface area contributed by atoms with Gasteiger partial charge in [0.1, 0.15) is 17.0 Å². The van der Waals surface area contributed by atoms with E-state index >= 15 is 0 Å². The minimum absolute atomic E-state index is 0.115. The lowest BCUT2D eigenvalue weighted by molar-refractivity contribution is -0.384. The molecule has 3 aromatic carbocycles. The number of nitrogens with zero attached hydrogens (tertiary/aromatic N) is 3. The number of amides is 1. The average molecular weight is 474 g/mol. The minimum Gasteiger partial charge on any atom is -0.497 e. The summed E-state index contributed by atoms with van der Waals surface area (Å²) in [7, 11) is 1.60. The zero-order valence-corrected chi connectivity index (χ0v) is 18.9. The molecule has 2 heterocycles. The summed E-state index contributed by atoms with van der Waals surface area (Å²) in [4.78, 5) is 30.5. The Morgan fingerprint density at radius 1 is 1.09 bits per heavy atom. The number of benzene rings is 3. The summed E-state index contributed by atoms with van der Waals surface area (Å²) >= 11 is 0. The van der Waals surface area contributed by atoms with Crippen molar-refractivity contribution in [2.45, 2.75) is 0 Å². The lowest BCUT2D eigenvalue weighted by atomic mass is 10.1. The van der Waals surface area contributed by atoms with Crippen LogP contribution in [0.4, 0.5) is 17.1 Å². The summed E-state index contributed by atoms with van der Waals surface area (Å²) in [6.07, 6.45) is 0. The average Bonchev–Trinajstić information content (AvgIpc) is 3.32. The molecule has 1 saturated heterocycles. The Morgan fingerprint density at radius 3 is 2.57 bits per heavy atom. The van der Waals surface area contributed by atoms with Gasteiger partial charge in [-0.15, -0.1) is 0 Å². The van der Waals surface area contributed by atoms with E-state index < -0.39 is 10.8 Å². The van der Waals surface area contributed by atoms with E-state index in [1.165, 1.54) is 6.07 Å². The number of hydrogen-bond acceptors (Lipinski definition) is 8. The van der Waals surface area contributed by atoms with Crippen molar-refractivity contribution in [1.29, 1.82) is 0 Å². The summed E-state index contributed by atoms with van der Waals surface area (Å²) in [6.45, 7) is 2.12. The molecule has 0 saturated carbocycles. The Hall–Kier alpha value is -4.44. The first-order chi connectivity index (χ1) is 17.0. The van der Waals surface area contributed by atoms with Crippen molar-refractivity contribution in [3.8, 4) is 17.2 Å². The normalized spacial score (nSPS) is 13.6. The Bertz CT molecular complexity index is 1390. The first-order valence-electron chi connectivity index (χ1n) is 11.0. The first kappa shape index (κ1) is 22.4. The molecule has 4 aromatic rings. The molecule has 0 unspecified atom stereocenters. The number of morpholine rings is 1. The quantitative estimate of drug-likeness (QED) is 0.320. The van der Waals surface area contributed by atoms with Crippen molar-refractivity contribution in [2.24, 2.45) is 0 Å². The number of nitrogens with one attached hydrogen (secondary N) is 1. The SMILES string of the molecule is COc1ccc(-c2nc3cc(NC(=O)c4ccc(N5CCOCC5)c([N+](=O)[O-])c4)ccc3o2)cc1. The monoisotopic (exact) mass is 474 g/mol. The lowest BCUT2D eigenvalue weighted by Gasteiger charge is -2.28. The zero-order valence-electron chi connectivity index (χ0n) is 18.9. The van der Waals surface area contributed by atoms with E-state index in [0.29, 0.717) is 54.7 Å². The third-order valence-electron chi connectivity index (χ3n) is 5.77. The molecule has 0 spiro atoms. The molecule has 0 radical (unpaired) electrons. The first-order valence-corrected chi connectivity index (χ1v) is 11.0. The minimum atomic E-state index is -0.469. The highest BCUT2D eigenvalue weighted by Crippen LogP contribution is 2.31. The smallest absolute Gasteiger partial charge is 0.293 e. The molecule has 1 N–H and O–H groups in total. The van der Waals surface area contributed by atoms with Gasteiger partial charge in [0.15, 0.2) is 5.58 Å². The van der Waals surface area contributed by atoms with Gasteiger partial charge in [-0.1, -0.05) is 0 Å². The number of hydrogen-bond donors (Lipinski definition) is 1. The van der Waals surface area contributed by atoms with Gasteiger partial charge in [0.2, 0.25) is 5.89 Å². The van der Waals surface area contributed by atoms with Crippen LogP contribution in [0.15, 0.2) is 65.1 Å². The number of nitro benzene ring substituents is 1.